The third-order valence-corrected chi connectivity index (χ3v) is 3.08. The van der Waals surface area contributed by atoms with E-state index in [4.69, 9.17) is 5.11 Å². The molecule has 11 heteroatoms. The van der Waals surface area contributed by atoms with Gasteiger partial charge in [0.15, 0.2) is 5.69 Å². The summed E-state index contributed by atoms with van der Waals surface area (Å²) in [7, 11) is 0. The zero-order valence-corrected chi connectivity index (χ0v) is 10.5. The Bertz CT molecular complexity index is 692. The predicted molar refractivity (Wildman–Crippen MR) is 66.9 cm³/mol. The van der Waals surface area contributed by atoms with Crippen LogP contribution >= 0.6 is 0 Å². The van der Waals surface area contributed by atoms with Crippen LogP contribution in [0, 0.1) is 10.1 Å². The van der Waals surface area contributed by atoms with Crippen molar-refractivity contribution in [2.45, 2.75) is 6.04 Å². The largest absolute Gasteiger partial charge is 0.476 e. The van der Waals surface area contributed by atoms with E-state index in [1.165, 1.54) is 10.9 Å². The zero-order chi connectivity index (χ0) is 15.0. The molecule has 1 fully saturated rings. The molecule has 0 radical (unpaired) electrons. The summed E-state index contributed by atoms with van der Waals surface area (Å²) in [6.45, 7) is 1.06. The Morgan fingerprint density at radius 3 is 2.57 bits per heavy atom. The molecule has 1 N–H and O–H groups in total. The second-order valence-corrected chi connectivity index (χ2v) is 4.45. The minimum Gasteiger partial charge on any atom is -0.476 e. The molecule has 3 heterocycles. The van der Waals surface area contributed by atoms with E-state index in [1.807, 2.05) is 0 Å². The lowest BCUT2D eigenvalue weighted by Gasteiger charge is -2.38. The molecule has 2 aromatic heterocycles. The van der Waals surface area contributed by atoms with Crippen LogP contribution in [0.2, 0.25) is 0 Å². The van der Waals surface area contributed by atoms with Crippen molar-refractivity contribution in [1.29, 1.82) is 0 Å². The number of carboxylic acids is 1. The van der Waals surface area contributed by atoms with Crippen LogP contribution in [-0.4, -0.2) is 54.1 Å². The molecular weight excluding hydrogens is 282 g/mol. The number of hydrogen-bond acceptors (Lipinski definition) is 8. The van der Waals surface area contributed by atoms with Gasteiger partial charge in [-0.15, -0.1) is 5.10 Å². The van der Waals surface area contributed by atoms with Crippen molar-refractivity contribution >= 4 is 17.6 Å². The molecule has 0 unspecified atom stereocenters. The van der Waals surface area contributed by atoms with E-state index in [-0.39, 0.29) is 17.4 Å². The fraction of sp³-hybridized carbons (Fsp3) is 0.300. The first-order valence-electron chi connectivity index (χ1n) is 5.91. The second-order valence-electron chi connectivity index (χ2n) is 4.45. The maximum Gasteiger partial charge on any atom is 0.358 e. The van der Waals surface area contributed by atoms with E-state index < -0.39 is 10.9 Å². The molecule has 3 rings (SSSR count). The molecule has 0 spiro atoms. The topological polar surface area (TPSA) is 140 Å². The third kappa shape index (κ3) is 2.35. The highest BCUT2D eigenvalue weighted by Gasteiger charge is 2.31. The lowest BCUT2D eigenvalue weighted by atomic mass is 10.1. The number of hydrogen-bond donors (Lipinski definition) is 1. The van der Waals surface area contributed by atoms with Crippen molar-refractivity contribution in [2.24, 2.45) is 0 Å². The van der Waals surface area contributed by atoms with Crippen molar-refractivity contribution in [1.82, 2.24) is 25.0 Å². The molecule has 0 aliphatic carbocycles. The number of nitrogens with zero attached hydrogens (tertiary/aromatic N) is 7. The highest BCUT2D eigenvalue weighted by atomic mass is 16.6. The number of aromatic carboxylic acids is 1. The SMILES string of the molecule is O=C(O)c1cn(C2CN(c3ncc([N+](=O)[O-])cn3)C2)nn1. The lowest BCUT2D eigenvalue weighted by Crippen LogP contribution is -2.48. The molecule has 0 saturated carbocycles. The Morgan fingerprint density at radius 2 is 2.05 bits per heavy atom. The third-order valence-electron chi connectivity index (χ3n) is 3.08. The first-order valence-corrected chi connectivity index (χ1v) is 5.91. The van der Waals surface area contributed by atoms with E-state index in [1.54, 1.807) is 4.90 Å². The van der Waals surface area contributed by atoms with Gasteiger partial charge in [0.1, 0.15) is 12.4 Å². The first-order chi connectivity index (χ1) is 10.0. The Morgan fingerprint density at radius 1 is 1.38 bits per heavy atom. The number of nitro groups is 1. The number of anilines is 1. The molecule has 0 bridgehead atoms. The summed E-state index contributed by atoms with van der Waals surface area (Å²) in [6, 6.07) is -0.0237. The Labute approximate surface area is 117 Å². The van der Waals surface area contributed by atoms with Gasteiger partial charge in [0, 0.05) is 13.1 Å². The summed E-state index contributed by atoms with van der Waals surface area (Å²) in [5.74, 6) is -0.744. The average molecular weight is 291 g/mol. The number of carbonyl (C=O) groups is 1. The average Bonchev–Trinajstić information content (AvgIpc) is 2.87. The van der Waals surface area contributed by atoms with Crippen LogP contribution in [0.5, 0.6) is 0 Å². The van der Waals surface area contributed by atoms with Crippen LogP contribution in [0.1, 0.15) is 16.5 Å². The second kappa shape index (κ2) is 4.77. The molecule has 1 aliphatic heterocycles. The van der Waals surface area contributed by atoms with Crippen molar-refractivity contribution in [3.63, 3.8) is 0 Å². The first kappa shape index (κ1) is 12.9. The van der Waals surface area contributed by atoms with Crippen LogP contribution in [0.25, 0.3) is 0 Å². The fourth-order valence-electron chi connectivity index (χ4n) is 1.91. The summed E-state index contributed by atoms with van der Waals surface area (Å²) in [5.41, 5.74) is -0.279. The summed E-state index contributed by atoms with van der Waals surface area (Å²) in [4.78, 5) is 30.3. The number of aromatic nitrogens is 5. The fourth-order valence-corrected chi connectivity index (χ4v) is 1.91. The normalized spacial score (nSPS) is 14.8. The van der Waals surface area contributed by atoms with Gasteiger partial charge >= 0.3 is 11.7 Å². The number of carboxylic acid groups (broad SMARTS) is 1. The van der Waals surface area contributed by atoms with Gasteiger partial charge in [-0.2, -0.15) is 0 Å². The van der Waals surface area contributed by atoms with Crippen molar-refractivity contribution in [3.8, 4) is 0 Å². The van der Waals surface area contributed by atoms with Crippen molar-refractivity contribution in [3.05, 3.63) is 34.4 Å². The Kier molecular flexibility index (Phi) is 2.93. The van der Waals surface area contributed by atoms with Crippen LogP contribution in [0.4, 0.5) is 11.6 Å². The molecule has 2 aromatic rings. The monoisotopic (exact) mass is 291 g/mol. The Hall–Kier alpha value is -3.11. The molecule has 1 aliphatic rings. The van der Waals surface area contributed by atoms with E-state index in [0.717, 1.165) is 12.4 Å². The molecule has 0 amide bonds. The lowest BCUT2D eigenvalue weighted by molar-refractivity contribution is -0.385. The van der Waals surface area contributed by atoms with Crippen molar-refractivity contribution in [2.75, 3.05) is 18.0 Å². The molecule has 0 atom stereocenters. The minimum absolute atomic E-state index is 0.0237. The van der Waals surface area contributed by atoms with Gasteiger partial charge in [-0.1, -0.05) is 5.21 Å². The van der Waals surface area contributed by atoms with Crippen LogP contribution in [0.15, 0.2) is 18.6 Å². The van der Waals surface area contributed by atoms with Crippen LogP contribution in [-0.2, 0) is 0 Å². The van der Waals surface area contributed by atoms with Gasteiger partial charge in [0.05, 0.1) is 17.2 Å². The van der Waals surface area contributed by atoms with Crippen molar-refractivity contribution < 1.29 is 14.8 Å². The van der Waals surface area contributed by atoms with E-state index in [0.29, 0.717) is 19.0 Å². The molecule has 11 nitrogen and oxygen atoms in total. The van der Waals surface area contributed by atoms with Gasteiger partial charge in [-0.25, -0.2) is 19.4 Å². The Balaban J connectivity index is 1.64. The van der Waals surface area contributed by atoms with E-state index in [9.17, 15) is 14.9 Å². The standard InChI is InChI=1S/C10H9N7O4/c18-9(19)8-5-16(14-13-8)7-3-15(4-7)10-11-1-6(2-12-10)17(20)21/h1-2,5,7H,3-4H2,(H,18,19). The molecule has 21 heavy (non-hydrogen) atoms. The molecule has 108 valence electrons. The van der Waals surface area contributed by atoms with Gasteiger partial charge in [0.2, 0.25) is 5.95 Å². The van der Waals surface area contributed by atoms with Gasteiger partial charge in [-0.3, -0.25) is 10.1 Å². The smallest absolute Gasteiger partial charge is 0.358 e. The van der Waals surface area contributed by atoms with Gasteiger partial charge in [-0.05, 0) is 0 Å². The summed E-state index contributed by atoms with van der Waals surface area (Å²) >= 11 is 0. The summed E-state index contributed by atoms with van der Waals surface area (Å²) in [6.07, 6.45) is 3.66. The quantitative estimate of drug-likeness (QED) is 0.595. The predicted octanol–water partition coefficient (Wildman–Crippen LogP) is -0.264. The van der Waals surface area contributed by atoms with Crippen LogP contribution < -0.4 is 4.90 Å². The summed E-state index contributed by atoms with van der Waals surface area (Å²) in [5, 5.41) is 26.6. The highest BCUT2D eigenvalue weighted by Crippen LogP contribution is 2.24. The van der Waals surface area contributed by atoms with E-state index >= 15 is 0 Å². The van der Waals surface area contributed by atoms with E-state index in [2.05, 4.69) is 20.3 Å². The van der Waals surface area contributed by atoms with Crippen LogP contribution in [0.3, 0.4) is 0 Å². The minimum atomic E-state index is -1.13. The maximum atomic E-state index is 10.7. The molecule has 1 saturated heterocycles. The molecule has 0 aromatic carbocycles. The number of rotatable bonds is 4. The zero-order valence-electron chi connectivity index (χ0n) is 10.5. The summed E-state index contributed by atoms with van der Waals surface area (Å²) < 4.78 is 1.48. The van der Waals surface area contributed by atoms with Gasteiger partial charge in [0.25, 0.3) is 0 Å². The molecular formula is C10H9N7O4. The highest BCUT2D eigenvalue weighted by molar-refractivity contribution is 5.84. The maximum absolute atomic E-state index is 10.7. The van der Waals surface area contributed by atoms with Gasteiger partial charge < -0.3 is 10.0 Å².